The van der Waals surface area contributed by atoms with Crippen LogP contribution in [0.4, 0.5) is 0 Å². The van der Waals surface area contributed by atoms with Crippen molar-refractivity contribution in [2.24, 2.45) is 11.0 Å². The fourth-order valence-corrected chi connectivity index (χ4v) is 3.62. The van der Waals surface area contributed by atoms with E-state index in [0.717, 1.165) is 23.7 Å². The predicted molar refractivity (Wildman–Crippen MR) is 91.9 cm³/mol. The fraction of sp³-hybridized carbons (Fsp3) is 0.412. The summed E-state index contributed by atoms with van der Waals surface area (Å²) >= 11 is 6.01. The molecule has 0 spiro atoms. The molecule has 1 aromatic heterocycles. The van der Waals surface area contributed by atoms with Crippen LogP contribution in [0.5, 0.6) is 0 Å². The van der Waals surface area contributed by atoms with Gasteiger partial charge >= 0.3 is 0 Å². The lowest BCUT2D eigenvalue weighted by atomic mass is 9.92. The van der Waals surface area contributed by atoms with Gasteiger partial charge in [-0.1, -0.05) is 11.6 Å². The monoisotopic (exact) mass is 330 g/mol. The molecule has 1 aromatic carbocycles. The SMILES string of the molecule is CC1C(C2(NC(=O)c3cc4cc(Cl)ccc4[nH]3)CC2)C=NN1C. The molecule has 6 heteroatoms. The Balaban J connectivity index is 1.56. The van der Waals surface area contributed by atoms with Gasteiger partial charge in [0, 0.05) is 35.1 Å². The quantitative estimate of drug-likeness (QED) is 0.908. The van der Waals surface area contributed by atoms with Gasteiger partial charge in [0.25, 0.3) is 5.91 Å². The van der Waals surface area contributed by atoms with E-state index in [1.165, 1.54) is 0 Å². The maximum absolute atomic E-state index is 12.7. The smallest absolute Gasteiger partial charge is 0.268 e. The van der Waals surface area contributed by atoms with Gasteiger partial charge in [0.2, 0.25) is 0 Å². The first-order chi connectivity index (χ1) is 11.0. The van der Waals surface area contributed by atoms with E-state index in [4.69, 9.17) is 11.6 Å². The van der Waals surface area contributed by atoms with Gasteiger partial charge in [-0.2, -0.15) is 5.10 Å². The Bertz CT molecular complexity index is 808. The molecular formula is C17H19ClN4O. The molecule has 0 bridgehead atoms. The molecule has 1 amide bonds. The van der Waals surface area contributed by atoms with Gasteiger partial charge in [-0.05, 0) is 44.0 Å². The summed E-state index contributed by atoms with van der Waals surface area (Å²) in [6, 6.07) is 7.72. The van der Waals surface area contributed by atoms with Gasteiger partial charge in [-0.3, -0.25) is 9.80 Å². The lowest BCUT2D eigenvalue weighted by Gasteiger charge is -2.28. The average molecular weight is 331 g/mol. The summed E-state index contributed by atoms with van der Waals surface area (Å²) in [5.41, 5.74) is 1.34. The molecule has 2 atom stereocenters. The minimum absolute atomic E-state index is 0.0648. The number of rotatable bonds is 3. The number of amides is 1. The molecule has 1 aliphatic carbocycles. The highest BCUT2D eigenvalue weighted by molar-refractivity contribution is 6.31. The highest BCUT2D eigenvalue weighted by atomic mass is 35.5. The molecule has 2 N–H and O–H groups in total. The standard InChI is InChI=1S/C17H19ClN4O/c1-10-13(9-19-22(10)2)17(5-6-17)21-16(23)15-8-11-7-12(18)3-4-14(11)20-15/h3-4,7-10,13,20H,5-6H2,1-2H3,(H,21,23). The molecule has 2 aromatic rings. The van der Waals surface area contributed by atoms with E-state index in [0.29, 0.717) is 16.8 Å². The van der Waals surface area contributed by atoms with Crippen molar-refractivity contribution >= 4 is 34.6 Å². The lowest BCUT2D eigenvalue weighted by Crippen LogP contribution is -2.47. The molecule has 5 nitrogen and oxygen atoms in total. The van der Waals surface area contributed by atoms with E-state index < -0.39 is 0 Å². The molecule has 0 radical (unpaired) electrons. The van der Waals surface area contributed by atoms with E-state index in [1.54, 1.807) is 0 Å². The van der Waals surface area contributed by atoms with E-state index in [1.807, 2.05) is 42.5 Å². The Kier molecular flexibility index (Phi) is 3.17. The van der Waals surface area contributed by atoms with Gasteiger partial charge in [0.1, 0.15) is 5.69 Å². The highest BCUT2D eigenvalue weighted by Gasteiger charge is 2.54. The van der Waals surface area contributed by atoms with Gasteiger partial charge < -0.3 is 10.3 Å². The van der Waals surface area contributed by atoms with Crippen LogP contribution >= 0.6 is 11.6 Å². The molecule has 0 saturated heterocycles. The van der Waals surface area contributed by atoms with Crippen molar-refractivity contribution in [3.63, 3.8) is 0 Å². The van der Waals surface area contributed by atoms with Crippen LogP contribution in [0.1, 0.15) is 30.3 Å². The number of aromatic nitrogens is 1. The number of hydrazone groups is 1. The van der Waals surface area contributed by atoms with Crippen LogP contribution in [0.2, 0.25) is 5.02 Å². The van der Waals surface area contributed by atoms with E-state index >= 15 is 0 Å². The van der Waals surface area contributed by atoms with Crippen molar-refractivity contribution < 1.29 is 4.79 Å². The number of carbonyl (C=O) groups excluding carboxylic acids is 1. The second kappa shape index (κ2) is 4.99. The number of hydrogen-bond donors (Lipinski definition) is 2. The Morgan fingerprint density at radius 2 is 2.22 bits per heavy atom. The fourth-order valence-electron chi connectivity index (χ4n) is 3.44. The van der Waals surface area contributed by atoms with Crippen molar-refractivity contribution in [1.29, 1.82) is 0 Å². The average Bonchev–Trinajstić information content (AvgIpc) is 3.02. The maximum Gasteiger partial charge on any atom is 0.268 e. The summed E-state index contributed by atoms with van der Waals surface area (Å²) in [4.78, 5) is 15.8. The van der Waals surface area contributed by atoms with Crippen LogP contribution in [0, 0.1) is 5.92 Å². The summed E-state index contributed by atoms with van der Waals surface area (Å²) in [5.74, 6) is 0.195. The first-order valence-electron chi connectivity index (χ1n) is 7.86. The molecule has 1 fully saturated rings. The molecule has 2 unspecified atom stereocenters. The van der Waals surface area contributed by atoms with Gasteiger partial charge in [-0.25, -0.2) is 0 Å². The lowest BCUT2D eigenvalue weighted by molar-refractivity contribution is 0.0908. The summed E-state index contributed by atoms with van der Waals surface area (Å²) in [6.07, 6.45) is 3.97. The second-order valence-corrected chi connectivity index (χ2v) is 7.07. The number of hydrogen-bond acceptors (Lipinski definition) is 3. The predicted octanol–water partition coefficient (Wildman–Crippen LogP) is 3.02. The highest BCUT2D eigenvalue weighted by Crippen LogP contribution is 2.45. The van der Waals surface area contributed by atoms with Crippen molar-refractivity contribution in [2.45, 2.75) is 31.3 Å². The number of aromatic amines is 1. The zero-order chi connectivity index (χ0) is 16.2. The number of carbonyl (C=O) groups is 1. The number of nitrogens with one attached hydrogen (secondary N) is 2. The topological polar surface area (TPSA) is 60.5 Å². The maximum atomic E-state index is 12.7. The van der Waals surface area contributed by atoms with E-state index in [-0.39, 0.29) is 17.4 Å². The van der Waals surface area contributed by atoms with Crippen molar-refractivity contribution in [2.75, 3.05) is 7.05 Å². The molecular weight excluding hydrogens is 312 g/mol. The number of halogens is 1. The molecule has 1 saturated carbocycles. The van der Waals surface area contributed by atoms with Crippen molar-refractivity contribution in [3.8, 4) is 0 Å². The Morgan fingerprint density at radius 3 is 2.87 bits per heavy atom. The van der Waals surface area contributed by atoms with Crippen LogP contribution in [0.3, 0.4) is 0 Å². The molecule has 23 heavy (non-hydrogen) atoms. The normalized spacial score (nSPS) is 25.1. The van der Waals surface area contributed by atoms with E-state index in [2.05, 4.69) is 22.3 Å². The minimum atomic E-state index is -0.153. The van der Waals surface area contributed by atoms with Crippen LogP contribution in [-0.4, -0.2) is 40.7 Å². The minimum Gasteiger partial charge on any atom is -0.351 e. The summed E-state index contributed by atoms with van der Waals surface area (Å²) in [5, 5.41) is 11.2. The Hall–Kier alpha value is -2.01. The summed E-state index contributed by atoms with van der Waals surface area (Å²) in [6.45, 7) is 2.15. The zero-order valence-electron chi connectivity index (χ0n) is 13.1. The van der Waals surface area contributed by atoms with Crippen LogP contribution < -0.4 is 5.32 Å². The first-order valence-corrected chi connectivity index (χ1v) is 8.24. The molecule has 120 valence electrons. The van der Waals surface area contributed by atoms with Crippen molar-refractivity contribution in [1.82, 2.24) is 15.3 Å². The molecule has 2 aliphatic rings. The summed E-state index contributed by atoms with van der Waals surface area (Å²) < 4.78 is 0. The Morgan fingerprint density at radius 1 is 1.43 bits per heavy atom. The van der Waals surface area contributed by atoms with E-state index in [9.17, 15) is 4.79 Å². The van der Waals surface area contributed by atoms with Crippen LogP contribution in [0.15, 0.2) is 29.4 Å². The largest absolute Gasteiger partial charge is 0.351 e. The third kappa shape index (κ3) is 2.39. The molecule has 4 rings (SSSR count). The van der Waals surface area contributed by atoms with Gasteiger partial charge in [0.15, 0.2) is 0 Å². The van der Waals surface area contributed by atoms with Crippen LogP contribution in [-0.2, 0) is 0 Å². The first kappa shape index (κ1) is 14.6. The van der Waals surface area contributed by atoms with Gasteiger partial charge in [0.05, 0.1) is 11.6 Å². The van der Waals surface area contributed by atoms with Gasteiger partial charge in [-0.15, -0.1) is 0 Å². The number of H-pyrrole nitrogens is 1. The number of benzene rings is 1. The van der Waals surface area contributed by atoms with Crippen LogP contribution in [0.25, 0.3) is 10.9 Å². The number of nitrogens with zero attached hydrogens (tertiary/aromatic N) is 2. The molecule has 1 aliphatic heterocycles. The third-order valence-corrected chi connectivity index (χ3v) is 5.37. The van der Waals surface area contributed by atoms with Crippen molar-refractivity contribution in [3.05, 3.63) is 35.0 Å². The molecule has 2 heterocycles. The zero-order valence-corrected chi connectivity index (χ0v) is 13.9. The summed E-state index contributed by atoms with van der Waals surface area (Å²) in [7, 11) is 1.97. The number of fused-ring (bicyclic) bond motifs is 1. The third-order valence-electron chi connectivity index (χ3n) is 5.14. The Labute approximate surface area is 139 Å². The second-order valence-electron chi connectivity index (χ2n) is 6.63.